The highest BCUT2D eigenvalue weighted by Gasteiger charge is 2.35. The average Bonchev–Trinajstić information content (AvgIpc) is 2.41. The van der Waals surface area contributed by atoms with E-state index in [-0.39, 0.29) is 11.4 Å². The summed E-state index contributed by atoms with van der Waals surface area (Å²) in [7, 11) is 0. The molecule has 1 aliphatic carbocycles. The molecule has 4 heteroatoms. The SMILES string of the molecule is CC1CCCC(CCl)(NC(=O)Cc2ccc(Br)cc2)C1. The van der Waals surface area contributed by atoms with Gasteiger partial charge in [-0.1, -0.05) is 47.8 Å². The van der Waals surface area contributed by atoms with Crippen molar-refractivity contribution in [2.75, 3.05) is 5.88 Å². The average molecular weight is 359 g/mol. The van der Waals surface area contributed by atoms with Crippen molar-refractivity contribution in [1.82, 2.24) is 5.32 Å². The molecule has 1 aromatic rings. The van der Waals surface area contributed by atoms with Gasteiger partial charge in [0.2, 0.25) is 5.91 Å². The number of halogens is 2. The van der Waals surface area contributed by atoms with Crippen molar-refractivity contribution in [2.24, 2.45) is 5.92 Å². The number of carbonyl (C=O) groups is 1. The molecule has 1 aromatic carbocycles. The number of amides is 1. The van der Waals surface area contributed by atoms with Gasteiger partial charge in [0.15, 0.2) is 0 Å². The van der Waals surface area contributed by atoms with Gasteiger partial charge in [-0.2, -0.15) is 0 Å². The Labute approximate surface area is 134 Å². The Kier molecular flexibility index (Phi) is 5.50. The summed E-state index contributed by atoms with van der Waals surface area (Å²) in [5.41, 5.74) is 0.824. The molecule has 1 saturated carbocycles. The molecule has 0 spiro atoms. The molecule has 0 aromatic heterocycles. The Balaban J connectivity index is 1.97. The Morgan fingerprint density at radius 2 is 2.15 bits per heavy atom. The molecule has 0 saturated heterocycles. The predicted octanol–water partition coefficient (Wildman–Crippen LogP) is 4.30. The van der Waals surface area contributed by atoms with Crippen LogP contribution in [0.25, 0.3) is 0 Å². The smallest absolute Gasteiger partial charge is 0.224 e. The van der Waals surface area contributed by atoms with Crippen molar-refractivity contribution < 1.29 is 4.79 Å². The van der Waals surface area contributed by atoms with Gasteiger partial charge < -0.3 is 5.32 Å². The molecule has 0 heterocycles. The van der Waals surface area contributed by atoms with Crippen molar-refractivity contribution in [3.8, 4) is 0 Å². The monoisotopic (exact) mass is 357 g/mol. The van der Waals surface area contributed by atoms with Crippen molar-refractivity contribution in [3.05, 3.63) is 34.3 Å². The lowest BCUT2D eigenvalue weighted by atomic mass is 9.77. The third-order valence-corrected chi connectivity index (χ3v) is 5.07. The molecule has 0 bridgehead atoms. The fourth-order valence-corrected chi connectivity index (χ4v) is 3.63. The second-order valence-electron chi connectivity index (χ2n) is 5.97. The number of alkyl halides is 1. The van der Waals surface area contributed by atoms with E-state index in [1.807, 2.05) is 24.3 Å². The van der Waals surface area contributed by atoms with Crippen LogP contribution in [0.1, 0.15) is 38.2 Å². The number of carbonyl (C=O) groups excluding carboxylic acids is 1. The molecule has 1 fully saturated rings. The zero-order valence-corrected chi connectivity index (χ0v) is 14.1. The molecule has 2 atom stereocenters. The van der Waals surface area contributed by atoms with Gasteiger partial charge in [-0.15, -0.1) is 11.6 Å². The number of hydrogen-bond acceptors (Lipinski definition) is 1. The molecular weight excluding hydrogens is 338 g/mol. The van der Waals surface area contributed by atoms with Gasteiger partial charge in [0, 0.05) is 10.4 Å². The van der Waals surface area contributed by atoms with E-state index in [9.17, 15) is 4.79 Å². The lowest BCUT2D eigenvalue weighted by Gasteiger charge is -2.39. The van der Waals surface area contributed by atoms with Crippen LogP contribution in [0.15, 0.2) is 28.7 Å². The van der Waals surface area contributed by atoms with Crippen molar-refractivity contribution in [1.29, 1.82) is 0 Å². The van der Waals surface area contributed by atoms with E-state index in [0.29, 0.717) is 18.2 Å². The highest BCUT2D eigenvalue weighted by atomic mass is 79.9. The summed E-state index contributed by atoms with van der Waals surface area (Å²) in [5, 5.41) is 3.19. The van der Waals surface area contributed by atoms with Crippen LogP contribution >= 0.6 is 27.5 Å². The number of rotatable bonds is 4. The van der Waals surface area contributed by atoms with Gasteiger partial charge in [0.05, 0.1) is 12.0 Å². The molecule has 2 rings (SSSR count). The van der Waals surface area contributed by atoms with Gasteiger partial charge in [-0.25, -0.2) is 0 Å². The maximum atomic E-state index is 12.3. The maximum Gasteiger partial charge on any atom is 0.224 e. The first-order valence-electron chi connectivity index (χ1n) is 7.14. The third-order valence-electron chi connectivity index (χ3n) is 4.03. The molecule has 1 aliphatic rings. The highest BCUT2D eigenvalue weighted by Crippen LogP contribution is 2.33. The zero-order valence-electron chi connectivity index (χ0n) is 11.8. The van der Waals surface area contributed by atoms with E-state index >= 15 is 0 Å². The largest absolute Gasteiger partial charge is 0.349 e. The van der Waals surface area contributed by atoms with Gasteiger partial charge >= 0.3 is 0 Å². The molecular formula is C16H21BrClNO. The van der Waals surface area contributed by atoms with Crippen LogP contribution in [-0.2, 0) is 11.2 Å². The predicted molar refractivity (Wildman–Crippen MR) is 87.1 cm³/mol. The topological polar surface area (TPSA) is 29.1 Å². The first-order valence-corrected chi connectivity index (χ1v) is 8.47. The van der Waals surface area contributed by atoms with E-state index in [0.717, 1.165) is 29.3 Å². The first-order chi connectivity index (χ1) is 9.53. The van der Waals surface area contributed by atoms with E-state index in [4.69, 9.17) is 11.6 Å². The molecule has 20 heavy (non-hydrogen) atoms. The van der Waals surface area contributed by atoms with E-state index in [2.05, 4.69) is 28.2 Å². The second-order valence-corrected chi connectivity index (χ2v) is 7.15. The van der Waals surface area contributed by atoms with Gasteiger partial charge in [-0.05, 0) is 36.5 Å². The van der Waals surface area contributed by atoms with Crippen LogP contribution in [0, 0.1) is 5.92 Å². The maximum absolute atomic E-state index is 12.3. The summed E-state index contributed by atoms with van der Waals surface area (Å²) < 4.78 is 1.03. The second kappa shape index (κ2) is 6.95. The fourth-order valence-electron chi connectivity index (χ4n) is 3.06. The lowest BCUT2D eigenvalue weighted by Crippen LogP contribution is -2.53. The quantitative estimate of drug-likeness (QED) is 0.799. The molecule has 0 radical (unpaired) electrons. The summed E-state index contributed by atoms with van der Waals surface area (Å²) >= 11 is 9.55. The molecule has 110 valence electrons. The number of benzene rings is 1. The van der Waals surface area contributed by atoms with Gasteiger partial charge in [0.1, 0.15) is 0 Å². The Morgan fingerprint density at radius 3 is 2.75 bits per heavy atom. The minimum absolute atomic E-state index is 0.0714. The van der Waals surface area contributed by atoms with Crippen LogP contribution in [-0.4, -0.2) is 17.3 Å². The van der Waals surface area contributed by atoms with Crippen molar-refractivity contribution in [2.45, 2.75) is 44.6 Å². The summed E-state index contributed by atoms with van der Waals surface area (Å²) in [5.74, 6) is 1.21. The van der Waals surface area contributed by atoms with Crippen LogP contribution in [0.3, 0.4) is 0 Å². The summed E-state index contributed by atoms with van der Waals surface area (Å²) in [6, 6.07) is 7.87. The number of hydrogen-bond donors (Lipinski definition) is 1. The first kappa shape index (κ1) is 15.8. The fraction of sp³-hybridized carbons (Fsp3) is 0.562. The normalized spacial score (nSPS) is 26.2. The van der Waals surface area contributed by atoms with Crippen LogP contribution in [0.4, 0.5) is 0 Å². The minimum Gasteiger partial charge on any atom is -0.349 e. The summed E-state index contributed by atoms with van der Waals surface area (Å²) in [6.45, 7) is 2.24. The molecule has 2 nitrogen and oxygen atoms in total. The third kappa shape index (κ3) is 4.23. The van der Waals surface area contributed by atoms with E-state index in [1.54, 1.807) is 0 Å². The molecule has 1 N–H and O–H groups in total. The van der Waals surface area contributed by atoms with Crippen LogP contribution in [0.5, 0.6) is 0 Å². The summed E-state index contributed by atoms with van der Waals surface area (Å²) in [6.07, 6.45) is 4.78. The van der Waals surface area contributed by atoms with Gasteiger partial charge in [-0.3, -0.25) is 4.79 Å². The van der Waals surface area contributed by atoms with E-state index in [1.165, 1.54) is 6.42 Å². The molecule has 1 amide bonds. The Bertz CT molecular complexity index is 462. The standard InChI is InChI=1S/C16H21BrClNO/c1-12-3-2-8-16(10-12,11-18)19-15(20)9-13-4-6-14(17)7-5-13/h4-7,12H,2-3,8-11H2,1H3,(H,19,20). The molecule has 2 unspecified atom stereocenters. The molecule has 0 aliphatic heterocycles. The van der Waals surface area contributed by atoms with Crippen molar-refractivity contribution in [3.63, 3.8) is 0 Å². The minimum atomic E-state index is -0.203. The number of nitrogens with one attached hydrogen (secondary N) is 1. The van der Waals surface area contributed by atoms with Gasteiger partial charge in [0.25, 0.3) is 0 Å². The Morgan fingerprint density at radius 1 is 1.45 bits per heavy atom. The van der Waals surface area contributed by atoms with Crippen LogP contribution < -0.4 is 5.32 Å². The Hall–Kier alpha value is -0.540. The zero-order chi connectivity index (χ0) is 14.6. The summed E-state index contributed by atoms with van der Waals surface area (Å²) in [4.78, 5) is 12.3. The van der Waals surface area contributed by atoms with E-state index < -0.39 is 0 Å². The van der Waals surface area contributed by atoms with Crippen LogP contribution in [0.2, 0.25) is 0 Å². The van der Waals surface area contributed by atoms with Crippen molar-refractivity contribution >= 4 is 33.4 Å². The highest BCUT2D eigenvalue weighted by molar-refractivity contribution is 9.10. The lowest BCUT2D eigenvalue weighted by molar-refractivity contribution is -0.122.